The predicted molar refractivity (Wildman–Crippen MR) is 64.2 cm³/mol. The van der Waals surface area contributed by atoms with Crippen molar-refractivity contribution in [3.63, 3.8) is 0 Å². The van der Waals surface area contributed by atoms with Gasteiger partial charge in [-0.3, -0.25) is 0 Å². The van der Waals surface area contributed by atoms with E-state index in [1.807, 2.05) is 0 Å². The van der Waals surface area contributed by atoms with E-state index in [0.29, 0.717) is 13.2 Å². The first-order chi connectivity index (χ1) is 9.07. The third-order valence-corrected chi connectivity index (χ3v) is 3.00. The first-order valence-corrected chi connectivity index (χ1v) is 5.88. The summed E-state index contributed by atoms with van der Waals surface area (Å²) < 4.78 is 9.85. The lowest BCUT2D eigenvalue weighted by Crippen LogP contribution is -2.43. The molecular formula is C11H24O8. The zero-order valence-corrected chi connectivity index (χ0v) is 10.9. The van der Waals surface area contributed by atoms with Gasteiger partial charge in [0.15, 0.2) is 0 Å². The normalized spacial score (nSPS) is 18.6. The number of aliphatic hydroxyl groups is 6. The maximum absolute atomic E-state index is 8.82. The van der Waals surface area contributed by atoms with Gasteiger partial charge in [0.1, 0.15) is 6.79 Å². The molecule has 0 aromatic carbocycles. The van der Waals surface area contributed by atoms with Crippen LogP contribution in [0.5, 0.6) is 0 Å². The molecule has 0 saturated carbocycles. The van der Waals surface area contributed by atoms with E-state index >= 15 is 0 Å². The lowest BCUT2D eigenvalue weighted by Gasteiger charge is -2.32. The minimum atomic E-state index is -1.11. The van der Waals surface area contributed by atoms with Crippen LogP contribution in [0, 0.1) is 10.8 Å². The molecule has 0 aromatic rings. The first kappa shape index (κ1) is 18.7. The van der Waals surface area contributed by atoms with Crippen molar-refractivity contribution in [3.05, 3.63) is 0 Å². The molecule has 0 amide bonds. The average Bonchev–Trinajstić information content (AvgIpc) is 2.51. The summed E-state index contributed by atoms with van der Waals surface area (Å²) in [6, 6.07) is 0. The Labute approximate surface area is 111 Å². The van der Waals surface area contributed by atoms with Crippen LogP contribution in [0.3, 0.4) is 0 Å². The smallest absolute Gasteiger partial charge is 0.146 e. The first-order valence-electron chi connectivity index (χ1n) is 5.88. The van der Waals surface area contributed by atoms with E-state index < -0.39 is 37.3 Å². The van der Waals surface area contributed by atoms with Gasteiger partial charge in [-0.05, 0) is 0 Å². The molecule has 116 valence electrons. The highest BCUT2D eigenvalue weighted by molar-refractivity contribution is 4.78. The van der Waals surface area contributed by atoms with E-state index in [1.54, 1.807) is 0 Å². The summed E-state index contributed by atoms with van der Waals surface area (Å²) in [6.45, 7) is -0.797. The van der Waals surface area contributed by atoms with Crippen molar-refractivity contribution in [2.75, 3.05) is 59.6 Å². The molecule has 0 aliphatic carbocycles. The van der Waals surface area contributed by atoms with Crippen LogP contribution in [0.25, 0.3) is 0 Å². The fourth-order valence-corrected chi connectivity index (χ4v) is 1.15. The Hall–Kier alpha value is -0.320. The topological polar surface area (TPSA) is 140 Å². The molecule has 1 rings (SSSR count). The van der Waals surface area contributed by atoms with Crippen molar-refractivity contribution < 1.29 is 40.1 Å². The van der Waals surface area contributed by atoms with Crippen molar-refractivity contribution in [2.45, 2.75) is 0 Å². The Bertz CT molecular complexity index is 189. The highest BCUT2D eigenvalue weighted by atomic mass is 16.7. The molecule has 19 heavy (non-hydrogen) atoms. The van der Waals surface area contributed by atoms with Crippen molar-refractivity contribution >= 4 is 0 Å². The summed E-state index contributed by atoms with van der Waals surface area (Å²) in [5.41, 5.74) is -1.68. The largest absolute Gasteiger partial charge is 0.396 e. The van der Waals surface area contributed by atoms with E-state index in [9.17, 15) is 0 Å². The van der Waals surface area contributed by atoms with Gasteiger partial charge in [-0.2, -0.15) is 0 Å². The SMILES string of the molecule is OCC(CO)(CO)CO.OCC1(CO)COCOC1. The van der Waals surface area contributed by atoms with Crippen LogP contribution in [-0.2, 0) is 9.47 Å². The molecule has 1 aliphatic rings. The maximum Gasteiger partial charge on any atom is 0.146 e. The highest BCUT2D eigenvalue weighted by Crippen LogP contribution is 2.19. The molecule has 8 heteroatoms. The Kier molecular flexibility index (Phi) is 9.40. The quantitative estimate of drug-likeness (QED) is 0.301. The van der Waals surface area contributed by atoms with Crippen LogP contribution in [-0.4, -0.2) is 90.3 Å². The minimum Gasteiger partial charge on any atom is -0.396 e. The van der Waals surface area contributed by atoms with Crippen LogP contribution < -0.4 is 0 Å². The molecular weight excluding hydrogens is 260 g/mol. The van der Waals surface area contributed by atoms with E-state index in [0.717, 1.165) is 0 Å². The number of hydrogen-bond acceptors (Lipinski definition) is 8. The zero-order valence-electron chi connectivity index (χ0n) is 10.9. The maximum atomic E-state index is 8.82. The van der Waals surface area contributed by atoms with Crippen molar-refractivity contribution in [1.29, 1.82) is 0 Å². The van der Waals surface area contributed by atoms with Gasteiger partial charge in [-0.1, -0.05) is 0 Å². The fourth-order valence-electron chi connectivity index (χ4n) is 1.15. The number of ether oxygens (including phenoxy) is 2. The molecule has 1 fully saturated rings. The summed E-state index contributed by atoms with van der Waals surface area (Å²) in [6.07, 6.45) is 0. The van der Waals surface area contributed by atoms with Gasteiger partial charge in [0.05, 0.1) is 63.7 Å². The third kappa shape index (κ3) is 5.67. The van der Waals surface area contributed by atoms with Gasteiger partial charge in [0.25, 0.3) is 0 Å². The summed E-state index contributed by atoms with van der Waals surface area (Å²) in [5, 5.41) is 51.6. The molecule has 0 aromatic heterocycles. The lowest BCUT2D eigenvalue weighted by atomic mass is 9.92. The van der Waals surface area contributed by atoms with Crippen molar-refractivity contribution in [1.82, 2.24) is 0 Å². The molecule has 1 saturated heterocycles. The molecule has 0 atom stereocenters. The number of aliphatic hydroxyl groups excluding tert-OH is 6. The summed E-state index contributed by atoms with van der Waals surface area (Å²) in [5.74, 6) is 0. The Balaban J connectivity index is 0.000000344. The fraction of sp³-hybridized carbons (Fsp3) is 1.00. The zero-order chi connectivity index (χ0) is 14.8. The van der Waals surface area contributed by atoms with Gasteiger partial charge in [0, 0.05) is 0 Å². The van der Waals surface area contributed by atoms with Crippen molar-refractivity contribution in [3.8, 4) is 0 Å². The van der Waals surface area contributed by atoms with Gasteiger partial charge in [-0.25, -0.2) is 0 Å². The Morgan fingerprint density at radius 2 is 1.11 bits per heavy atom. The molecule has 1 aliphatic heterocycles. The molecule has 6 N–H and O–H groups in total. The molecule has 0 spiro atoms. The number of rotatable bonds is 6. The molecule has 1 heterocycles. The molecule has 0 unspecified atom stereocenters. The van der Waals surface area contributed by atoms with Crippen molar-refractivity contribution in [2.24, 2.45) is 10.8 Å². The van der Waals surface area contributed by atoms with Gasteiger partial charge >= 0.3 is 0 Å². The van der Waals surface area contributed by atoms with Gasteiger partial charge < -0.3 is 40.1 Å². The van der Waals surface area contributed by atoms with E-state index in [2.05, 4.69) is 0 Å². The second-order valence-corrected chi connectivity index (χ2v) is 4.76. The number of hydrogen-bond donors (Lipinski definition) is 6. The monoisotopic (exact) mass is 284 g/mol. The predicted octanol–water partition coefficient (Wildman–Crippen LogP) is -3.10. The Morgan fingerprint density at radius 3 is 1.26 bits per heavy atom. The van der Waals surface area contributed by atoms with Crippen LogP contribution in [0.15, 0.2) is 0 Å². The van der Waals surface area contributed by atoms with E-state index in [4.69, 9.17) is 40.1 Å². The van der Waals surface area contributed by atoms with Crippen LogP contribution in [0.1, 0.15) is 0 Å². The summed E-state index contributed by atoms with van der Waals surface area (Å²) in [4.78, 5) is 0. The molecule has 0 bridgehead atoms. The molecule has 0 radical (unpaired) electrons. The summed E-state index contributed by atoms with van der Waals surface area (Å²) in [7, 11) is 0. The average molecular weight is 284 g/mol. The Morgan fingerprint density at radius 1 is 0.737 bits per heavy atom. The third-order valence-electron chi connectivity index (χ3n) is 3.00. The summed E-state index contributed by atoms with van der Waals surface area (Å²) >= 11 is 0. The standard InChI is InChI=1S/C6H12O4.C5H12O4/c7-1-6(2-8)3-9-5-10-4-6;6-1-5(2-7,3-8)4-9/h7-8H,1-5H2;6-9H,1-4H2. The van der Waals surface area contributed by atoms with E-state index in [1.165, 1.54) is 0 Å². The lowest BCUT2D eigenvalue weighted by molar-refractivity contribution is -0.187. The van der Waals surface area contributed by atoms with E-state index in [-0.39, 0.29) is 20.0 Å². The highest BCUT2D eigenvalue weighted by Gasteiger charge is 2.32. The second kappa shape index (κ2) is 9.56. The van der Waals surface area contributed by atoms with Gasteiger partial charge in [0.2, 0.25) is 0 Å². The second-order valence-electron chi connectivity index (χ2n) is 4.76. The van der Waals surface area contributed by atoms with Gasteiger partial charge in [-0.15, -0.1) is 0 Å². The minimum absolute atomic E-state index is 0.0938. The van der Waals surface area contributed by atoms with Crippen LogP contribution in [0.4, 0.5) is 0 Å². The molecule has 8 nitrogen and oxygen atoms in total. The van der Waals surface area contributed by atoms with Crippen LogP contribution >= 0.6 is 0 Å². The van der Waals surface area contributed by atoms with Crippen LogP contribution in [0.2, 0.25) is 0 Å².